The molecule has 0 aromatic heterocycles. The molecular formula is C9H12ClNO2. The van der Waals surface area contributed by atoms with Crippen LogP contribution in [-0.2, 0) is 4.74 Å². The normalized spacial score (nSPS) is 8.77. The third-order valence-electron chi connectivity index (χ3n) is 1.61. The Kier molecular flexibility index (Phi) is 4.28. The summed E-state index contributed by atoms with van der Waals surface area (Å²) in [7, 11) is 1.34. The van der Waals surface area contributed by atoms with Crippen molar-refractivity contribution in [2.24, 2.45) is 0 Å². The number of aryl methyl sites for hydroxylation is 1. The van der Waals surface area contributed by atoms with Crippen LogP contribution in [0.4, 0.5) is 5.69 Å². The molecule has 0 saturated heterocycles. The minimum Gasteiger partial charge on any atom is -0.465 e. The zero-order valence-corrected chi connectivity index (χ0v) is 8.35. The Labute approximate surface area is 83.3 Å². The highest BCUT2D eigenvalue weighted by Gasteiger charge is 2.08. The van der Waals surface area contributed by atoms with Crippen LogP contribution in [0.5, 0.6) is 0 Å². The maximum absolute atomic E-state index is 11.1. The van der Waals surface area contributed by atoms with Crippen LogP contribution in [0.3, 0.4) is 0 Å². The molecule has 1 aromatic carbocycles. The molecule has 2 N–H and O–H groups in total. The largest absolute Gasteiger partial charge is 0.465 e. The second-order valence-electron chi connectivity index (χ2n) is 2.58. The molecule has 13 heavy (non-hydrogen) atoms. The smallest absolute Gasteiger partial charge is 0.339 e. The van der Waals surface area contributed by atoms with Crippen LogP contribution in [-0.4, -0.2) is 13.1 Å². The van der Waals surface area contributed by atoms with Crippen LogP contribution >= 0.6 is 12.4 Å². The lowest BCUT2D eigenvalue weighted by Gasteiger charge is -2.03. The minimum absolute atomic E-state index is 0. The summed E-state index contributed by atoms with van der Waals surface area (Å²) in [6, 6.07) is 5.25. The van der Waals surface area contributed by atoms with E-state index in [1.54, 1.807) is 12.1 Å². The average molecular weight is 202 g/mol. The number of ether oxygens (including phenoxy) is 1. The van der Waals surface area contributed by atoms with Crippen molar-refractivity contribution in [1.82, 2.24) is 0 Å². The van der Waals surface area contributed by atoms with Crippen molar-refractivity contribution >= 4 is 24.1 Å². The first-order valence-electron chi connectivity index (χ1n) is 3.59. The van der Waals surface area contributed by atoms with Crippen molar-refractivity contribution in [3.63, 3.8) is 0 Å². The van der Waals surface area contributed by atoms with Crippen molar-refractivity contribution in [3.05, 3.63) is 29.3 Å². The molecule has 0 aliphatic rings. The number of nitrogen functional groups attached to an aromatic ring is 1. The van der Waals surface area contributed by atoms with E-state index < -0.39 is 5.97 Å². The summed E-state index contributed by atoms with van der Waals surface area (Å²) >= 11 is 0. The molecule has 0 aliphatic carbocycles. The summed E-state index contributed by atoms with van der Waals surface area (Å²) in [5.41, 5.74) is 7.44. The molecule has 0 bridgehead atoms. The van der Waals surface area contributed by atoms with Gasteiger partial charge in [-0.05, 0) is 19.1 Å². The fraction of sp³-hybridized carbons (Fsp3) is 0.222. The van der Waals surface area contributed by atoms with Crippen molar-refractivity contribution < 1.29 is 9.53 Å². The maximum atomic E-state index is 11.1. The first-order chi connectivity index (χ1) is 5.65. The van der Waals surface area contributed by atoms with E-state index in [-0.39, 0.29) is 12.4 Å². The van der Waals surface area contributed by atoms with E-state index in [0.717, 1.165) is 5.56 Å². The van der Waals surface area contributed by atoms with E-state index in [0.29, 0.717) is 11.3 Å². The Morgan fingerprint density at radius 2 is 2.08 bits per heavy atom. The number of rotatable bonds is 1. The molecule has 72 valence electrons. The Bertz CT molecular complexity index is 312. The Morgan fingerprint density at radius 3 is 2.62 bits per heavy atom. The molecule has 3 nitrogen and oxygen atoms in total. The zero-order valence-electron chi connectivity index (χ0n) is 7.53. The number of anilines is 1. The molecular weight excluding hydrogens is 190 g/mol. The zero-order chi connectivity index (χ0) is 9.14. The van der Waals surface area contributed by atoms with Crippen LogP contribution in [0, 0.1) is 6.92 Å². The SMILES string of the molecule is COC(=O)c1cc(C)ccc1N.Cl. The topological polar surface area (TPSA) is 52.3 Å². The average Bonchev–Trinajstić information content (AvgIpc) is 2.08. The fourth-order valence-electron chi connectivity index (χ4n) is 0.957. The summed E-state index contributed by atoms with van der Waals surface area (Å²) in [5, 5.41) is 0. The lowest BCUT2D eigenvalue weighted by atomic mass is 10.1. The van der Waals surface area contributed by atoms with Crippen LogP contribution in [0.25, 0.3) is 0 Å². The minimum atomic E-state index is -0.392. The molecule has 0 aliphatic heterocycles. The van der Waals surface area contributed by atoms with E-state index in [2.05, 4.69) is 4.74 Å². The first kappa shape index (κ1) is 11.8. The molecule has 0 spiro atoms. The molecule has 0 heterocycles. The molecule has 0 saturated carbocycles. The highest BCUT2D eigenvalue weighted by atomic mass is 35.5. The molecule has 1 rings (SSSR count). The van der Waals surface area contributed by atoms with Gasteiger partial charge in [-0.15, -0.1) is 12.4 Å². The van der Waals surface area contributed by atoms with Gasteiger partial charge in [-0.2, -0.15) is 0 Å². The number of carbonyl (C=O) groups excluding carboxylic acids is 1. The van der Waals surface area contributed by atoms with E-state index in [1.165, 1.54) is 7.11 Å². The van der Waals surface area contributed by atoms with E-state index in [1.807, 2.05) is 13.0 Å². The number of carbonyl (C=O) groups is 1. The highest BCUT2D eigenvalue weighted by molar-refractivity contribution is 5.95. The van der Waals surface area contributed by atoms with Gasteiger partial charge in [0.15, 0.2) is 0 Å². The van der Waals surface area contributed by atoms with Gasteiger partial charge < -0.3 is 10.5 Å². The number of esters is 1. The fourth-order valence-corrected chi connectivity index (χ4v) is 0.957. The first-order valence-corrected chi connectivity index (χ1v) is 3.59. The Balaban J connectivity index is 0.00000144. The second-order valence-corrected chi connectivity index (χ2v) is 2.58. The third-order valence-corrected chi connectivity index (χ3v) is 1.61. The van der Waals surface area contributed by atoms with Crippen molar-refractivity contribution in [1.29, 1.82) is 0 Å². The summed E-state index contributed by atoms with van der Waals surface area (Å²) in [6.45, 7) is 1.89. The lowest BCUT2D eigenvalue weighted by molar-refractivity contribution is 0.0602. The van der Waals surface area contributed by atoms with E-state index in [4.69, 9.17) is 5.73 Å². The summed E-state index contributed by atoms with van der Waals surface area (Å²) in [5.74, 6) is -0.392. The Hall–Kier alpha value is -1.22. The molecule has 0 atom stereocenters. The van der Waals surface area contributed by atoms with Gasteiger partial charge in [-0.1, -0.05) is 11.6 Å². The molecule has 0 radical (unpaired) electrons. The maximum Gasteiger partial charge on any atom is 0.339 e. The molecule has 1 aromatic rings. The molecule has 0 fully saturated rings. The predicted molar refractivity (Wildman–Crippen MR) is 54.2 cm³/mol. The van der Waals surface area contributed by atoms with Crippen molar-refractivity contribution in [3.8, 4) is 0 Å². The Morgan fingerprint density at radius 1 is 1.46 bits per heavy atom. The third kappa shape index (κ3) is 2.63. The number of hydrogen-bond acceptors (Lipinski definition) is 3. The van der Waals surface area contributed by atoms with Gasteiger partial charge in [-0.25, -0.2) is 4.79 Å². The van der Waals surface area contributed by atoms with Crippen molar-refractivity contribution in [2.75, 3.05) is 12.8 Å². The quantitative estimate of drug-likeness (QED) is 0.557. The van der Waals surface area contributed by atoms with Gasteiger partial charge in [0.1, 0.15) is 0 Å². The van der Waals surface area contributed by atoms with Gasteiger partial charge in [-0.3, -0.25) is 0 Å². The van der Waals surface area contributed by atoms with Gasteiger partial charge in [0.25, 0.3) is 0 Å². The van der Waals surface area contributed by atoms with Gasteiger partial charge >= 0.3 is 5.97 Å². The van der Waals surface area contributed by atoms with Crippen LogP contribution in [0.2, 0.25) is 0 Å². The highest BCUT2D eigenvalue weighted by Crippen LogP contribution is 2.14. The monoisotopic (exact) mass is 201 g/mol. The number of hydrogen-bond donors (Lipinski definition) is 1. The van der Waals surface area contributed by atoms with Gasteiger partial charge in [0.2, 0.25) is 0 Å². The van der Waals surface area contributed by atoms with Crippen LogP contribution in [0.15, 0.2) is 18.2 Å². The van der Waals surface area contributed by atoms with E-state index in [9.17, 15) is 4.79 Å². The molecule has 0 unspecified atom stereocenters. The number of halogens is 1. The standard InChI is InChI=1S/C9H11NO2.ClH/c1-6-3-4-8(10)7(5-6)9(11)12-2;/h3-5H,10H2,1-2H3;1H. The van der Waals surface area contributed by atoms with Crippen molar-refractivity contribution in [2.45, 2.75) is 6.92 Å². The second kappa shape index (κ2) is 4.72. The molecule has 0 amide bonds. The summed E-state index contributed by atoms with van der Waals surface area (Å²) in [4.78, 5) is 11.1. The molecule has 4 heteroatoms. The summed E-state index contributed by atoms with van der Waals surface area (Å²) in [6.07, 6.45) is 0. The summed E-state index contributed by atoms with van der Waals surface area (Å²) < 4.78 is 4.55. The van der Waals surface area contributed by atoms with Gasteiger partial charge in [0, 0.05) is 5.69 Å². The van der Waals surface area contributed by atoms with Crippen LogP contribution < -0.4 is 5.73 Å². The van der Waals surface area contributed by atoms with Crippen LogP contribution in [0.1, 0.15) is 15.9 Å². The van der Waals surface area contributed by atoms with Gasteiger partial charge in [0.05, 0.1) is 12.7 Å². The number of benzene rings is 1. The predicted octanol–water partition coefficient (Wildman–Crippen LogP) is 1.79. The van der Waals surface area contributed by atoms with E-state index >= 15 is 0 Å². The lowest BCUT2D eigenvalue weighted by Crippen LogP contribution is -2.05. The number of nitrogens with two attached hydrogens (primary N) is 1. The number of methoxy groups -OCH3 is 1.